The van der Waals surface area contributed by atoms with Crippen LogP contribution < -0.4 is 14.8 Å². The maximum atomic E-state index is 13.2. The van der Waals surface area contributed by atoms with Crippen molar-refractivity contribution in [3.63, 3.8) is 0 Å². The van der Waals surface area contributed by atoms with Crippen LogP contribution in [0.2, 0.25) is 5.02 Å². The molecule has 3 aromatic rings. The number of rotatable bonds is 7. The molecule has 3 aromatic carbocycles. The van der Waals surface area contributed by atoms with Gasteiger partial charge < -0.3 is 14.8 Å². The second-order valence-corrected chi connectivity index (χ2v) is 6.69. The summed E-state index contributed by atoms with van der Waals surface area (Å²) in [5.41, 5.74) is 1.47. The molecule has 0 radical (unpaired) electrons. The first-order valence-electron chi connectivity index (χ1n) is 8.91. The van der Waals surface area contributed by atoms with Crippen LogP contribution in [0.3, 0.4) is 0 Å². The molecule has 0 spiro atoms. The highest BCUT2D eigenvalue weighted by Crippen LogP contribution is 2.31. The zero-order chi connectivity index (χ0) is 20.8. The highest BCUT2D eigenvalue weighted by molar-refractivity contribution is 6.30. The first kappa shape index (κ1) is 20.4. The molecule has 0 aliphatic rings. The third kappa shape index (κ3) is 4.76. The van der Waals surface area contributed by atoms with Crippen molar-refractivity contribution in [2.75, 3.05) is 14.2 Å². The Hall–Kier alpha value is -3.31. The number of carbonyl (C=O) groups excluding carboxylic acids is 2. The number of amides is 1. The Morgan fingerprint density at radius 3 is 2.10 bits per heavy atom. The van der Waals surface area contributed by atoms with Crippen molar-refractivity contribution >= 4 is 23.3 Å². The van der Waals surface area contributed by atoms with E-state index in [1.165, 1.54) is 14.2 Å². The molecule has 3 rings (SSSR count). The summed E-state index contributed by atoms with van der Waals surface area (Å²) in [4.78, 5) is 26.0. The third-order valence-electron chi connectivity index (χ3n) is 4.44. The summed E-state index contributed by atoms with van der Waals surface area (Å²) in [5, 5.41) is 3.36. The molecular formula is C23H20ClNO4. The molecule has 1 atom stereocenters. The Morgan fingerprint density at radius 2 is 1.48 bits per heavy atom. The lowest BCUT2D eigenvalue weighted by Crippen LogP contribution is -2.34. The van der Waals surface area contributed by atoms with E-state index in [4.69, 9.17) is 21.1 Å². The van der Waals surface area contributed by atoms with E-state index in [9.17, 15) is 9.59 Å². The van der Waals surface area contributed by atoms with Crippen LogP contribution in [0.1, 0.15) is 32.3 Å². The highest BCUT2D eigenvalue weighted by atomic mass is 35.5. The van der Waals surface area contributed by atoms with Gasteiger partial charge in [0.2, 0.25) is 0 Å². The SMILES string of the molecule is COc1ccc([C@H](NC(=O)c2ccccc2)C(=O)c2ccc(Cl)cc2)cc1OC. The molecule has 1 N–H and O–H groups in total. The summed E-state index contributed by atoms with van der Waals surface area (Å²) in [6.45, 7) is 0. The molecule has 148 valence electrons. The van der Waals surface area contributed by atoms with E-state index in [-0.39, 0.29) is 11.7 Å². The van der Waals surface area contributed by atoms with Crippen molar-refractivity contribution < 1.29 is 19.1 Å². The fourth-order valence-electron chi connectivity index (χ4n) is 2.92. The topological polar surface area (TPSA) is 64.6 Å². The summed E-state index contributed by atoms with van der Waals surface area (Å²) >= 11 is 5.94. The summed E-state index contributed by atoms with van der Waals surface area (Å²) in [5.74, 6) is 0.377. The standard InChI is InChI=1S/C23H20ClNO4/c1-28-19-13-10-17(14-20(19)29-2)21(22(26)15-8-11-18(24)12-9-15)25-23(27)16-6-4-3-5-7-16/h3-14,21H,1-2H3,(H,25,27)/t21-/m0/s1. The van der Waals surface area contributed by atoms with Crippen molar-refractivity contribution in [3.8, 4) is 11.5 Å². The molecule has 0 fully saturated rings. The number of carbonyl (C=O) groups is 2. The van der Waals surface area contributed by atoms with Gasteiger partial charge in [-0.3, -0.25) is 9.59 Å². The van der Waals surface area contributed by atoms with Gasteiger partial charge in [-0.25, -0.2) is 0 Å². The second kappa shape index (κ2) is 9.26. The summed E-state index contributed by atoms with van der Waals surface area (Å²) in [6.07, 6.45) is 0. The van der Waals surface area contributed by atoms with Crippen LogP contribution in [-0.4, -0.2) is 25.9 Å². The number of hydrogen-bond donors (Lipinski definition) is 1. The van der Waals surface area contributed by atoms with Crippen molar-refractivity contribution in [3.05, 3.63) is 94.5 Å². The van der Waals surface area contributed by atoms with Crippen LogP contribution in [-0.2, 0) is 0 Å². The molecule has 0 saturated carbocycles. The number of benzene rings is 3. The lowest BCUT2D eigenvalue weighted by Gasteiger charge is -2.20. The number of hydrogen-bond acceptors (Lipinski definition) is 4. The Bertz CT molecular complexity index is 1000. The van der Waals surface area contributed by atoms with Gasteiger partial charge in [0.1, 0.15) is 6.04 Å². The fourth-order valence-corrected chi connectivity index (χ4v) is 3.04. The van der Waals surface area contributed by atoms with Crippen LogP contribution in [0, 0.1) is 0 Å². The maximum Gasteiger partial charge on any atom is 0.252 e. The molecule has 0 aromatic heterocycles. The van der Waals surface area contributed by atoms with Gasteiger partial charge in [-0.2, -0.15) is 0 Å². The first-order valence-corrected chi connectivity index (χ1v) is 9.29. The first-order chi connectivity index (χ1) is 14.0. The third-order valence-corrected chi connectivity index (χ3v) is 4.70. The van der Waals surface area contributed by atoms with Gasteiger partial charge in [0.05, 0.1) is 14.2 Å². The van der Waals surface area contributed by atoms with Crippen LogP contribution in [0.25, 0.3) is 0 Å². The predicted octanol–water partition coefficient (Wildman–Crippen LogP) is 4.71. The van der Waals surface area contributed by atoms with Crippen LogP contribution in [0.4, 0.5) is 0 Å². The van der Waals surface area contributed by atoms with Gasteiger partial charge in [-0.15, -0.1) is 0 Å². The van der Waals surface area contributed by atoms with Gasteiger partial charge in [-0.1, -0.05) is 35.9 Å². The minimum Gasteiger partial charge on any atom is -0.493 e. The van der Waals surface area contributed by atoms with Crippen LogP contribution in [0.5, 0.6) is 11.5 Å². The summed E-state index contributed by atoms with van der Waals surface area (Å²) < 4.78 is 10.6. The van der Waals surface area contributed by atoms with Crippen molar-refractivity contribution in [1.82, 2.24) is 5.32 Å². The smallest absolute Gasteiger partial charge is 0.252 e. The van der Waals surface area contributed by atoms with Gasteiger partial charge in [0.15, 0.2) is 17.3 Å². The van der Waals surface area contributed by atoms with Crippen molar-refractivity contribution in [2.45, 2.75) is 6.04 Å². The monoisotopic (exact) mass is 409 g/mol. The van der Waals surface area contributed by atoms with E-state index >= 15 is 0 Å². The maximum absolute atomic E-state index is 13.2. The molecule has 0 saturated heterocycles. The number of ether oxygens (including phenoxy) is 2. The Morgan fingerprint density at radius 1 is 0.828 bits per heavy atom. The number of nitrogens with one attached hydrogen (secondary N) is 1. The largest absolute Gasteiger partial charge is 0.493 e. The fraction of sp³-hybridized carbons (Fsp3) is 0.130. The van der Waals surface area contributed by atoms with Gasteiger partial charge in [-0.05, 0) is 54.1 Å². The van der Waals surface area contributed by atoms with Crippen molar-refractivity contribution in [2.24, 2.45) is 0 Å². The predicted molar refractivity (Wildman–Crippen MR) is 112 cm³/mol. The molecule has 6 heteroatoms. The Balaban J connectivity index is 2.00. The quantitative estimate of drug-likeness (QED) is 0.574. The zero-order valence-corrected chi connectivity index (χ0v) is 16.8. The lowest BCUT2D eigenvalue weighted by molar-refractivity contribution is 0.0857. The number of halogens is 1. The van der Waals surface area contributed by atoms with Gasteiger partial charge >= 0.3 is 0 Å². The summed E-state index contributed by atoms with van der Waals surface area (Å²) in [7, 11) is 3.05. The Kier molecular flexibility index (Phi) is 6.52. The van der Waals surface area contributed by atoms with Crippen LogP contribution in [0.15, 0.2) is 72.8 Å². The average molecular weight is 410 g/mol. The molecule has 5 nitrogen and oxygen atoms in total. The van der Waals surface area contributed by atoms with E-state index in [1.54, 1.807) is 66.7 Å². The molecular weight excluding hydrogens is 390 g/mol. The average Bonchev–Trinajstić information content (AvgIpc) is 2.77. The second-order valence-electron chi connectivity index (χ2n) is 6.26. The van der Waals surface area contributed by atoms with E-state index in [0.29, 0.717) is 33.2 Å². The highest BCUT2D eigenvalue weighted by Gasteiger charge is 2.25. The minimum absolute atomic E-state index is 0.266. The zero-order valence-electron chi connectivity index (χ0n) is 16.0. The molecule has 29 heavy (non-hydrogen) atoms. The normalized spacial score (nSPS) is 11.4. The molecule has 0 aliphatic carbocycles. The van der Waals surface area contributed by atoms with Crippen LogP contribution >= 0.6 is 11.6 Å². The number of Topliss-reactive ketones (excluding diaryl/α,β-unsaturated/α-hetero) is 1. The molecule has 0 unspecified atom stereocenters. The molecule has 1 amide bonds. The van der Waals surface area contributed by atoms with E-state index in [1.807, 2.05) is 6.07 Å². The Labute approximate surface area is 174 Å². The van der Waals surface area contributed by atoms with E-state index in [2.05, 4.69) is 5.32 Å². The lowest BCUT2D eigenvalue weighted by atomic mass is 9.96. The van der Waals surface area contributed by atoms with Gasteiger partial charge in [0, 0.05) is 16.1 Å². The molecule has 0 aliphatic heterocycles. The minimum atomic E-state index is -0.913. The number of ketones is 1. The van der Waals surface area contributed by atoms with Crippen molar-refractivity contribution in [1.29, 1.82) is 0 Å². The molecule has 0 heterocycles. The van der Waals surface area contributed by atoms with E-state index in [0.717, 1.165) is 0 Å². The van der Waals surface area contributed by atoms with Gasteiger partial charge in [0.25, 0.3) is 5.91 Å². The molecule has 0 bridgehead atoms. The number of methoxy groups -OCH3 is 2. The summed E-state index contributed by atoms with van der Waals surface area (Å²) in [6, 6.07) is 19.5. The van der Waals surface area contributed by atoms with E-state index < -0.39 is 6.04 Å².